The van der Waals surface area contributed by atoms with Crippen molar-refractivity contribution in [2.45, 2.75) is 32.0 Å². The predicted molar refractivity (Wildman–Crippen MR) is 66.3 cm³/mol. The zero-order valence-electron chi connectivity index (χ0n) is 10.2. The van der Waals surface area contributed by atoms with E-state index in [0.29, 0.717) is 13.0 Å². The van der Waals surface area contributed by atoms with Crippen LogP contribution in [0.1, 0.15) is 24.8 Å². The molecule has 98 valence electrons. The van der Waals surface area contributed by atoms with E-state index >= 15 is 0 Å². The van der Waals surface area contributed by atoms with Gasteiger partial charge in [-0.05, 0) is 31.2 Å². The highest BCUT2D eigenvalue weighted by atomic mass is 16.7. The van der Waals surface area contributed by atoms with Crippen LogP contribution in [0.4, 0.5) is 5.69 Å². The third kappa shape index (κ3) is 3.78. The number of nitro groups is 1. The Morgan fingerprint density at radius 2 is 2.33 bits per heavy atom. The fraction of sp³-hybridized carbons (Fsp3) is 0.538. The number of benzene rings is 1. The van der Waals surface area contributed by atoms with Gasteiger partial charge in [0, 0.05) is 18.7 Å². The summed E-state index contributed by atoms with van der Waals surface area (Å²) in [4.78, 5) is 10.2. The maximum absolute atomic E-state index is 10.6. The Balaban J connectivity index is 1.78. The van der Waals surface area contributed by atoms with E-state index < -0.39 is 0 Å². The van der Waals surface area contributed by atoms with Gasteiger partial charge in [0.25, 0.3) is 5.69 Å². The highest BCUT2D eigenvalue weighted by molar-refractivity contribution is 5.34. The molecule has 1 unspecified atom stereocenters. The van der Waals surface area contributed by atoms with Gasteiger partial charge in [0.05, 0.1) is 11.5 Å². The number of nitrogens with zero attached hydrogens (tertiary/aromatic N) is 1. The van der Waals surface area contributed by atoms with Crippen LogP contribution < -0.4 is 0 Å². The molecule has 0 bridgehead atoms. The van der Waals surface area contributed by atoms with Crippen molar-refractivity contribution >= 4 is 5.69 Å². The molecule has 5 heteroatoms. The van der Waals surface area contributed by atoms with Gasteiger partial charge in [-0.15, -0.1) is 0 Å². The highest BCUT2D eigenvalue weighted by Crippen LogP contribution is 2.16. The van der Waals surface area contributed by atoms with Crippen molar-refractivity contribution in [3.05, 3.63) is 39.9 Å². The Kier molecular flexibility index (Phi) is 4.66. The second-order valence-electron chi connectivity index (χ2n) is 4.34. The minimum absolute atomic E-state index is 0.0996. The fourth-order valence-corrected chi connectivity index (χ4v) is 1.98. The number of hydrogen-bond donors (Lipinski definition) is 0. The quantitative estimate of drug-likeness (QED) is 0.596. The molecule has 1 fully saturated rings. The Morgan fingerprint density at radius 1 is 1.44 bits per heavy atom. The van der Waals surface area contributed by atoms with Crippen LogP contribution in [-0.2, 0) is 15.9 Å². The van der Waals surface area contributed by atoms with E-state index in [0.717, 1.165) is 31.4 Å². The maximum atomic E-state index is 10.6. The summed E-state index contributed by atoms with van der Waals surface area (Å²) in [5.41, 5.74) is 1.04. The molecule has 0 aromatic heterocycles. The molecule has 0 spiro atoms. The van der Waals surface area contributed by atoms with Crippen molar-refractivity contribution in [2.75, 3.05) is 13.2 Å². The Bertz CT molecular complexity index is 402. The monoisotopic (exact) mass is 251 g/mol. The van der Waals surface area contributed by atoms with Crippen molar-refractivity contribution in [2.24, 2.45) is 0 Å². The van der Waals surface area contributed by atoms with Gasteiger partial charge in [0.15, 0.2) is 6.29 Å². The summed E-state index contributed by atoms with van der Waals surface area (Å²) in [6, 6.07) is 6.66. The number of rotatable bonds is 5. The molecule has 0 radical (unpaired) electrons. The standard InChI is InChI=1S/C13H17NO4/c15-14(16)12-5-3-4-11(10-12)7-9-18-13-6-1-2-8-17-13/h3-5,10,13H,1-2,6-9H2. The molecule has 1 heterocycles. The molecule has 0 N–H and O–H groups in total. The van der Waals surface area contributed by atoms with Gasteiger partial charge in [-0.3, -0.25) is 10.1 Å². The van der Waals surface area contributed by atoms with Gasteiger partial charge >= 0.3 is 0 Å². The Morgan fingerprint density at radius 3 is 3.06 bits per heavy atom. The molecule has 0 amide bonds. The number of non-ortho nitro benzene ring substituents is 1. The second-order valence-corrected chi connectivity index (χ2v) is 4.34. The maximum Gasteiger partial charge on any atom is 0.269 e. The third-order valence-corrected chi connectivity index (χ3v) is 2.95. The van der Waals surface area contributed by atoms with Crippen LogP contribution >= 0.6 is 0 Å². The van der Waals surface area contributed by atoms with Crippen LogP contribution in [-0.4, -0.2) is 24.4 Å². The van der Waals surface area contributed by atoms with E-state index in [1.165, 1.54) is 6.07 Å². The van der Waals surface area contributed by atoms with Crippen molar-refractivity contribution in [1.82, 2.24) is 0 Å². The summed E-state index contributed by atoms with van der Waals surface area (Å²) in [6.45, 7) is 1.30. The lowest BCUT2D eigenvalue weighted by atomic mass is 10.1. The zero-order valence-corrected chi connectivity index (χ0v) is 10.2. The molecule has 0 aliphatic carbocycles. The number of nitro benzene ring substituents is 1. The van der Waals surface area contributed by atoms with Crippen molar-refractivity contribution in [3.63, 3.8) is 0 Å². The average Bonchev–Trinajstić information content (AvgIpc) is 2.40. The highest BCUT2D eigenvalue weighted by Gasteiger charge is 2.13. The van der Waals surface area contributed by atoms with Crippen molar-refractivity contribution < 1.29 is 14.4 Å². The van der Waals surface area contributed by atoms with Crippen LogP contribution in [0.2, 0.25) is 0 Å². The van der Waals surface area contributed by atoms with E-state index in [9.17, 15) is 10.1 Å². The fourth-order valence-electron chi connectivity index (χ4n) is 1.98. The molecule has 1 aliphatic rings. The smallest absolute Gasteiger partial charge is 0.269 e. The van der Waals surface area contributed by atoms with Gasteiger partial charge < -0.3 is 9.47 Å². The van der Waals surface area contributed by atoms with E-state index in [4.69, 9.17) is 9.47 Å². The van der Waals surface area contributed by atoms with Crippen LogP contribution in [0, 0.1) is 10.1 Å². The van der Waals surface area contributed by atoms with Crippen molar-refractivity contribution in [1.29, 1.82) is 0 Å². The summed E-state index contributed by atoms with van der Waals surface area (Å²) in [5, 5.41) is 10.6. The molecule has 5 nitrogen and oxygen atoms in total. The second kappa shape index (κ2) is 6.47. The van der Waals surface area contributed by atoms with E-state index in [1.54, 1.807) is 12.1 Å². The number of ether oxygens (including phenoxy) is 2. The molecule has 1 aliphatic heterocycles. The molecule has 1 aromatic rings. The molecular weight excluding hydrogens is 234 g/mol. The van der Waals surface area contributed by atoms with Crippen molar-refractivity contribution in [3.8, 4) is 0 Å². The Labute approximate surface area is 106 Å². The van der Waals surface area contributed by atoms with Crippen LogP contribution in [0.5, 0.6) is 0 Å². The first kappa shape index (κ1) is 13.0. The molecule has 0 saturated carbocycles. The van der Waals surface area contributed by atoms with Gasteiger partial charge in [-0.1, -0.05) is 12.1 Å². The topological polar surface area (TPSA) is 61.6 Å². The zero-order chi connectivity index (χ0) is 12.8. The molecular formula is C13H17NO4. The van der Waals surface area contributed by atoms with E-state index in [2.05, 4.69) is 0 Å². The summed E-state index contributed by atoms with van der Waals surface area (Å²) in [5.74, 6) is 0. The molecule has 2 rings (SSSR count). The molecule has 1 saturated heterocycles. The van der Waals surface area contributed by atoms with Gasteiger partial charge in [0.2, 0.25) is 0 Å². The van der Waals surface area contributed by atoms with Crippen LogP contribution in [0.3, 0.4) is 0 Å². The first-order valence-corrected chi connectivity index (χ1v) is 6.22. The molecule has 18 heavy (non-hydrogen) atoms. The SMILES string of the molecule is O=[N+]([O-])c1cccc(CCOC2CCCCO2)c1. The van der Waals surface area contributed by atoms with Crippen LogP contribution in [0.15, 0.2) is 24.3 Å². The summed E-state index contributed by atoms with van der Waals surface area (Å²) >= 11 is 0. The predicted octanol–water partition coefficient (Wildman–Crippen LogP) is 2.68. The summed E-state index contributed by atoms with van der Waals surface area (Å²) < 4.78 is 11.0. The number of hydrogen-bond acceptors (Lipinski definition) is 4. The molecule has 1 atom stereocenters. The lowest BCUT2D eigenvalue weighted by Gasteiger charge is -2.22. The molecule has 1 aromatic carbocycles. The van der Waals surface area contributed by atoms with Gasteiger partial charge in [-0.2, -0.15) is 0 Å². The first-order chi connectivity index (χ1) is 8.75. The lowest BCUT2D eigenvalue weighted by molar-refractivity contribution is -0.384. The van der Waals surface area contributed by atoms with E-state index in [-0.39, 0.29) is 16.9 Å². The minimum atomic E-state index is -0.380. The first-order valence-electron chi connectivity index (χ1n) is 6.22. The van der Waals surface area contributed by atoms with Gasteiger partial charge in [-0.25, -0.2) is 0 Å². The van der Waals surface area contributed by atoms with E-state index in [1.807, 2.05) is 6.07 Å². The summed E-state index contributed by atoms with van der Waals surface area (Å²) in [6.07, 6.45) is 3.75. The lowest BCUT2D eigenvalue weighted by Crippen LogP contribution is -2.23. The Hall–Kier alpha value is -1.46. The average molecular weight is 251 g/mol. The largest absolute Gasteiger partial charge is 0.353 e. The van der Waals surface area contributed by atoms with Crippen LogP contribution in [0.25, 0.3) is 0 Å². The third-order valence-electron chi connectivity index (χ3n) is 2.95. The summed E-state index contributed by atoms with van der Waals surface area (Å²) in [7, 11) is 0. The minimum Gasteiger partial charge on any atom is -0.353 e. The van der Waals surface area contributed by atoms with Gasteiger partial charge in [0.1, 0.15) is 0 Å². The normalized spacial score (nSPS) is 19.7.